The van der Waals surface area contributed by atoms with Crippen LogP contribution in [0.15, 0.2) is 5.03 Å². The standard InChI is InChI=1S/C5H7N5OS/c1-12-4-2(3(6)11)8-5(7)10-9-4/h1H3,(H2,6,11)(H2,7,8,10). The Morgan fingerprint density at radius 2 is 2.17 bits per heavy atom. The smallest absolute Gasteiger partial charge is 0.270 e. The molecule has 1 heterocycles. The molecule has 6 nitrogen and oxygen atoms in total. The molecule has 0 fully saturated rings. The van der Waals surface area contributed by atoms with E-state index in [0.717, 1.165) is 0 Å². The van der Waals surface area contributed by atoms with Gasteiger partial charge in [0.2, 0.25) is 5.95 Å². The molecule has 7 heteroatoms. The zero-order valence-corrected chi connectivity index (χ0v) is 7.13. The summed E-state index contributed by atoms with van der Waals surface area (Å²) in [7, 11) is 0. The van der Waals surface area contributed by atoms with Gasteiger partial charge in [-0.2, -0.15) is 0 Å². The van der Waals surface area contributed by atoms with Crippen molar-refractivity contribution in [3.63, 3.8) is 0 Å². The summed E-state index contributed by atoms with van der Waals surface area (Å²) in [5, 5.41) is 7.51. The van der Waals surface area contributed by atoms with Gasteiger partial charge in [0.1, 0.15) is 0 Å². The molecule has 0 bridgehead atoms. The minimum atomic E-state index is -0.652. The van der Waals surface area contributed by atoms with E-state index in [2.05, 4.69) is 15.2 Å². The predicted molar refractivity (Wildman–Crippen MR) is 44.5 cm³/mol. The Hall–Kier alpha value is -1.37. The minimum absolute atomic E-state index is 0.0541. The molecular weight excluding hydrogens is 178 g/mol. The van der Waals surface area contributed by atoms with Gasteiger partial charge in [-0.25, -0.2) is 4.98 Å². The van der Waals surface area contributed by atoms with Crippen molar-refractivity contribution < 1.29 is 4.79 Å². The van der Waals surface area contributed by atoms with Crippen molar-refractivity contribution in [3.8, 4) is 0 Å². The molecule has 12 heavy (non-hydrogen) atoms. The second kappa shape index (κ2) is 3.35. The Kier molecular flexibility index (Phi) is 2.44. The first-order valence-electron chi connectivity index (χ1n) is 2.99. The van der Waals surface area contributed by atoms with E-state index in [1.54, 1.807) is 6.26 Å². The largest absolute Gasteiger partial charge is 0.366 e. The molecule has 0 aliphatic carbocycles. The topological polar surface area (TPSA) is 108 Å². The van der Waals surface area contributed by atoms with Crippen LogP contribution >= 0.6 is 11.8 Å². The molecule has 0 saturated heterocycles. The van der Waals surface area contributed by atoms with Crippen LogP contribution in [0.1, 0.15) is 10.5 Å². The quantitative estimate of drug-likeness (QED) is 0.588. The maximum absolute atomic E-state index is 10.8. The molecule has 1 amide bonds. The van der Waals surface area contributed by atoms with E-state index >= 15 is 0 Å². The van der Waals surface area contributed by atoms with Gasteiger partial charge < -0.3 is 11.5 Å². The second-order valence-electron chi connectivity index (χ2n) is 1.89. The first-order valence-corrected chi connectivity index (χ1v) is 4.21. The minimum Gasteiger partial charge on any atom is -0.366 e. The lowest BCUT2D eigenvalue weighted by Gasteiger charge is -1.99. The molecule has 1 aromatic heterocycles. The molecule has 0 saturated carbocycles. The maximum atomic E-state index is 10.8. The fraction of sp³-hybridized carbons (Fsp3) is 0.200. The van der Waals surface area contributed by atoms with Gasteiger partial charge in [-0.05, 0) is 6.26 Å². The fourth-order valence-corrected chi connectivity index (χ4v) is 1.09. The highest BCUT2D eigenvalue weighted by Gasteiger charge is 2.11. The highest BCUT2D eigenvalue weighted by atomic mass is 32.2. The molecular formula is C5H7N5OS. The number of nitrogen functional groups attached to an aromatic ring is 1. The highest BCUT2D eigenvalue weighted by Crippen LogP contribution is 2.13. The zero-order valence-electron chi connectivity index (χ0n) is 6.31. The molecule has 1 rings (SSSR count). The van der Waals surface area contributed by atoms with Gasteiger partial charge in [0.05, 0.1) is 0 Å². The summed E-state index contributed by atoms with van der Waals surface area (Å²) in [5.41, 5.74) is 10.3. The number of nitrogens with two attached hydrogens (primary N) is 2. The fourth-order valence-electron chi connectivity index (χ4n) is 0.627. The lowest BCUT2D eigenvalue weighted by Crippen LogP contribution is -2.17. The first-order chi connectivity index (χ1) is 5.65. The molecule has 64 valence electrons. The van der Waals surface area contributed by atoms with Crippen LogP contribution in [0.2, 0.25) is 0 Å². The van der Waals surface area contributed by atoms with Crippen molar-refractivity contribution in [3.05, 3.63) is 5.69 Å². The first kappa shape index (κ1) is 8.72. The van der Waals surface area contributed by atoms with Gasteiger partial charge >= 0.3 is 0 Å². The van der Waals surface area contributed by atoms with Gasteiger partial charge in [0.15, 0.2) is 10.7 Å². The third kappa shape index (κ3) is 1.62. The molecule has 1 aromatic rings. The van der Waals surface area contributed by atoms with Crippen molar-refractivity contribution in [2.24, 2.45) is 5.73 Å². The van der Waals surface area contributed by atoms with E-state index in [-0.39, 0.29) is 11.6 Å². The number of aromatic nitrogens is 3. The average molecular weight is 185 g/mol. The number of carbonyl (C=O) groups excluding carboxylic acids is 1. The van der Waals surface area contributed by atoms with Crippen LogP contribution in [-0.2, 0) is 0 Å². The molecule has 0 spiro atoms. The van der Waals surface area contributed by atoms with E-state index in [1.165, 1.54) is 11.8 Å². The maximum Gasteiger partial charge on any atom is 0.270 e. The van der Waals surface area contributed by atoms with E-state index < -0.39 is 5.91 Å². The average Bonchev–Trinajstić information content (AvgIpc) is 2.04. The number of hydrogen-bond donors (Lipinski definition) is 2. The lowest BCUT2D eigenvalue weighted by atomic mass is 10.4. The van der Waals surface area contributed by atoms with Crippen molar-refractivity contribution in [1.29, 1.82) is 0 Å². The summed E-state index contributed by atoms with van der Waals surface area (Å²) < 4.78 is 0. The molecule has 4 N–H and O–H groups in total. The molecule has 0 aliphatic heterocycles. The van der Waals surface area contributed by atoms with Crippen molar-refractivity contribution in [2.75, 3.05) is 12.0 Å². The van der Waals surface area contributed by atoms with Crippen molar-refractivity contribution in [2.45, 2.75) is 5.03 Å². The van der Waals surface area contributed by atoms with E-state index in [9.17, 15) is 4.79 Å². The van der Waals surface area contributed by atoms with Gasteiger partial charge in [0.25, 0.3) is 5.91 Å². The molecule has 0 atom stereocenters. The van der Waals surface area contributed by atoms with E-state index in [0.29, 0.717) is 5.03 Å². The van der Waals surface area contributed by atoms with Crippen LogP contribution in [0.25, 0.3) is 0 Å². The normalized spacial score (nSPS) is 9.75. The van der Waals surface area contributed by atoms with Crippen LogP contribution in [0.3, 0.4) is 0 Å². The monoisotopic (exact) mass is 185 g/mol. The van der Waals surface area contributed by atoms with Gasteiger partial charge in [0, 0.05) is 0 Å². The highest BCUT2D eigenvalue weighted by molar-refractivity contribution is 7.98. The van der Waals surface area contributed by atoms with Gasteiger partial charge in [-0.15, -0.1) is 22.0 Å². The summed E-state index contributed by atoms with van der Waals surface area (Å²) in [6.07, 6.45) is 1.74. The van der Waals surface area contributed by atoms with E-state index in [4.69, 9.17) is 11.5 Å². The summed E-state index contributed by atoms with van der Waals surface area (Å²) in [5.74, 6) is -0.706. The number of carbonyl (C=O) groups is 1. The molecule has 0 aromatic carbocycles. The Morgan fingerprint density at radius 1 is 1.50 bits per heavy atom. The summed E-state index contributed by atoms with van der Waals surface area (Å²) in [6.45, 7) is 0. The number of primary amides is 1. The number of anilines is 1. The van der Waals surface area contributed by atoms with Crippen LogP contribution in [0.4, 0.5) is 5.95 Å². The third-order valence-electron chi connectivity index (χ3n) is 1.10. The Bertz CT molecular complexity index is 315. The van der Waals surface area contributed by atoms with Crippen molar-refractivity contribution >= 4 is 23.6 Å². The summed E-state index contributed by atoms with van der Waals surface area (Å²) >= 11 is 1.24. The number of nitrogens with zero attached hydrogens (tertiary/aromatic N) is 3. The summed E-state index contributed by atoms with van der Waals surface area (Å²) in [6, 6.07) is 0. The molecule has 0 unspecified atom stereocenters. The van der Waals surface area contributed by atoms with Crippen LogP contribution in [0.5, 0.6) is 0 Å². The SMILES string of the molecule is CSc1nnc(N)nc1C(N)=O. The van der Waals surface area contributed by atoms with Crippen molar-refractivity contribution in [1.82, 2.24) is 15.2 Å². The second-order valence-corrected chi connectivity index (χ2v) is 2.69. The van der Waals surface area contributed by atoms with Crippen LogP contribution in [-0.4, -0.2) is 27.3 Å². The van der Waals surface area contributed by atoms with Gasteiger partial charge in [-0.1, -0.05) is 0 Å². The Balaban J connectivity index is 3.21. The lowest BCUT2D eigenvalue weighted by molar-refractivity contribution is 0.0991. The Labute approximate surface area is 72.8 Å². The summed E-state index contributed by atoms with van der Waals surface area (Å²) in [4.78, 5) is 14.4. The number of hydrogen-bond acceptors (Lipinski definition) is 6. The molecule has 0 aliphatic rings. The molecule has 0 radical (unpaired) electrons. The zero-order chi connectivity index (χ0) is 9.14. The van der Waals surface area contributed by atoms with Crippen LogP contribution in [0, 0.1) is 0 Å². The predicted octanol–water partition coefficient (Wildman–Crippen LogP) is -0.725. The van der Waals surface area contributed by atoms with Gasteiger partial charge in [-0.3, -0.25) is 4.79 Å². The Morgan fingerprint density at radius 3 is 2.67 bits per heavy atom. The number of rotatable bonds is 2. The van der Waals surface area contributed by atoms with Crippen LogP contribution < -0.4 is 11.5 Å². The number of amides is 1. The number of thioether (sulfide) groups is 1. The third-order valence-corrected chi connectivity index (χ3v) is 1.76. The van der Waals surface area contributed by atoms with E-state index in [1.807, 2.05) is 0 Å².